The lowest BCUT2D eigenvalue weighted by Crippen LogP contribution is -2.36. The molecule has 0 radical (unpaired) electrons. The third-order valence-electron chi connectivity index (χ3n) is 5.61. The van der Waals surface area contributed by atoms with Crippen molar-refractivity contribution >= 4 is 44.8 Å². The number of benzene rings is 2. The summed E-state index contributed by atoms with van der Waals surface area (Å²) in [7, 11) is 0. The van der Waals surface area contributed by atoms with Gasteiger partial charge in [0.15, 0.2) is 0 Å². The highest BCUT2D eigenvalue weighted by molar-refractivity contribution is 6.50. The fraction of sp³-hybridized carbons (Fsp3) is 0.130. The highest BCUT2D eigenvalue weighted by Gasteiger charge is 2.40. The maximum atomic E-state index is 13.3. The Morgan fingerprint density at radius 3 is 2.28 bits per heavy atom. The van der Waals surface area contributed by atoms with Crippen molar-refractivity contribution < 1.29 is 9.59 Å². The molecule has 0 fully saturated rings. The van der Waals surface area contributed by atoms with Gasteiger partial charge in [-0.15, -0.1) is 0 Å². The summed E-state index contributed by atoms with van der Waals surface area (Å²) >= 11 is 0. The molecule has 1 aliphatic heterocycles. The van der Waals surface area contributed by atoms with Crippen LogP contribution < -0.4 is 5.73 Å². The second kappa shape index (κ2) is 6.46. The Labute approximate surface area is 167 Å². The van der Waals surface area contributed by atoms with Crippen LogP contribution in [0, 0.1) is 0 Å². The number of rotatable bonds is 4. The average Bonchev–Trinajstić information content (AvgIpc) is 3.40. The summed E-state index contributed by atoms with van der Waals surface area (Å²) in [5, 5.41) is 1.85. The van der Waals surface area contributed by atoms with Crippen LogP contribution in [0.5, 0.6) is 0 Å². The molecule has 0 bridgehead atoms. The lowest BCUT2D eigenvalue weighted by molar-refractivity contribution is -0.135. The van der Waals surface area contributed by atoms with Gasteiger partial charge in [0.05, 0.1) is 17.8 Å². The smallest absolute Gasteiger partial charge is 0.263 e. The molecule has 4 aromatic rings. The van der Waals surface area contributed by atoms with E-state index in [-0.39, 0.29) is 18.5 Å². The van der Waals surface area contributed by atoms with Crippen molar-refractivity contribution in [3.63, 3.8) is 0 Å². The minimum atomic E-state index is -0.356. The van der Waals surface area contributed by atoms with E-state index in [2.05, 4.69) is 16.5 Å². The summed E-state index contributed by atoms with van der Waals surface area (Å²) in [6.45, 7) is 2.66. The quantitative estimate of drug-likeness (QED) is 0.529. The Morgan fingerprint density at radius 2 is 1.55 bits per heavy atom. The first-order valence-electron chi connectivity index (χ1n) is 9.61. The number of para-hydroxylation sites is 2. The maximum absolute atomic E-state index is 13.3. The molecule has 0 atom stereocenters. The van der Waals surface area contributed by atoms with Crippen molar-refractivity contribution in [2.24, 2.45) is 5.73 Å². The summed E-state index contributed by atoms with van der Waals surface area (Å²) in [5.74, 6) is -0.706. The van der Waals surface area contributed by atoms with Gasteiger partial charge < -0.3 is 15.3 Å². The monoisotopic (exact) mass is 384 g/mol. The predicted molar refractivity (Wildman–Crippen MR) is 114 cm³/mol. The van der Waals surface area contributed by atoms with Gasteiger partial charge in [-0.1, -0.05) is 36.4 Å². The Kier molecular flexibility index (Phi) is 3.89. The number of amides is 2. The van der Waals surface area contributed by atoms with Crippen molar-refractivity contribution in [2.75, 3.05) is 6.67 Å². The number of fused-ring (bicyclic) bond motifs is 2. The Bertz CT molecular complexity index is 1330. The Hall–Kier alpha value is -3.64. The van der Waals surface area contributed by atoms with Crippen molar-refractivity contribution in [1.29, 1.82) is 0 Å². The summed E-state index contributed by atoms with van der Waals surface area (Å²) in [4.78, 5) is 30.8. The summed E-state index contributed by atoms with van der Waals surface area (Å²) < 4.78 is 2.09. The molecule has 2 aromatic carbocycles. The molecular formula is C23H20N4O2. The van der Waals surface area contributed by atoms with Crippen LogP contribution in [0.3, 0.4) is 0 Å². The van der Waals surface area contributed by atoms with Gasteiger partial charge >= 0.3 is 0 Å². The SMILES string of the molecule is CCn1cc(C2=C(c3c[nH]c4ccccc34)C(=O)N(CN)C2=O)c2ccccc21. The second-order valence-corrected chi connectivity index (χ2v) is 7.06. The van der Waals surface area contributed by atoms with Crippen LogP contribution >= 0.6 is 0 Å². The molecule has 2 amide bonds. The molecule has 2 aromatic heterocycles. The van der Waals surface area contributed by atoms with Crippen LogP contribution in [0.4, 0.5) is 0 Å². The van der Waals surface area contributed by atoms with E-state index in [1.807, 2.05) is 54.7 Å². The van der Waals surface area contributed by atoms with Crippen LogP contribution in [0.25, 0.3) is 33.0 Å². The lowest BCUT2D eigenvalue weighted by Gasteiger charge is -2.11. The van der Waals surface area contributed by atoms with E-state index >= 15 is 0 Å². The normalized spacial score (nSPS) is 14.8. The number of aromatic nitrogens is 2. The number of imide groups is 1. The highest BCUT2D eigenvalue weighted by atomic mass is 16.2. The third-order valence-corrected chi connectivity index (χ3v) is 5.61. The molecule has 0 spiro atoms. The number of nitrogens with two attached hydrogens (primary N) is 1. The molecule has 6 heteroatoms. The second-order valence-electron chi connectivity index (χ2n) is 7.06. The van der Waals surface area contributed by atoms with E-state index in [9.17, 15) is 9.59 Å². The first-order valence-corrected chi connectivity index (χ1v) is 9.61. The van der Waals surface area contributed by atoms with Crippen LogP contribution in [0.15, 0.2) is 60.9 Å². The molecule has 3 heterocycles. The van der Waals surface area contributed by atoms with Crippen LogP contribution in [-0.4, -0.2) is 32.9 Å². The number of hydrogen-bond acceptors (Lipinski definition) is 3. The minimum absolute atomic E-state index is 0.153. The van der Waals surface area contributed by atoms with Gasteiger partial charge in [0, 0.05) is 51.9 Å². The van der Waals surface area contributed by atoms with Gasteiger partial charge in [-0.25, -0.2) is 0 Å². The maximum Gasteiger partial charge on any atom is 0.263 e. The molecular weight excluding hydrogens is 364 g/mol. The van der Waals surface area contributed by atoms with E-state index in [0.29, 0.717) is 11.1 Å². The first-order chi connectivity index (χ1) is 14.2. The lowest BCUT2D eigenvalue weighted by atomic mass is 9.95. The van der Waals surface area contributed by atoms with Gasteiger partial charge in [-0.3, -0.25) is 14.5 Å². The molecule has 3 N–H and O–H groups in total. The van der Waals surface area contributed by atoms with E-state index in [4.69, 9.17) is 5.73 Å². The molecule has 6 nitrogen and oxygen atoms in total. The molecule has 0 saturated carbocycles. The Morgan fingerprint density at radius 1 is 0.897 bits per heavy atom. The molecule has 5 rings (SSSR count). The number of aryl methyl sites for hydroxylation is 1. The van der Waals surface area contributed by atoms with Crippen molar-refractivity contribution in [3.8, 4) is 0 Å². The van der Waals surface area contributed by atoms with Gasteiger partial charge in [-0.2, -0.15) is 0 Å². The number of nitrogens with one attached hydrogen (secondary N) is 1. The standard InChI is InChI=1S/C23H20N4O2/c1-2-26-12-17(15-8-4-6-10-19(15)26)21-20(22(28)27(13-24)23(21)29)16-11-25-18-9-5-3-7-14(16)18/h3-12,25H,2,13,24H2,1H3. The van der Waals surface area contributed by atoms with Gasteiger partial charge in [0.2, 0.25) is 0 Å². The topological polar surface area (TPSA) is 84.1 Å². The zero-order chi connectivity index (χ0) is 20.1. The molecule has 29 heavy (non-hydrogen) atoms. The van der Waals surface area contributed by atoms with Gasteiger partial charge in [0.25, 0.3) is 11.8 Å². The molecule has 1 aliphatic rings. The fourth-order valence-electron chi connectivity index (χ4n) is 4.23. The van der Waals surface area contributed by atoms with E-state index in [1.54, 1.807) is 6.20 Å². The summed E-state index contributed by atoms with van der Waals surface area (Å²) in [6.07, 6.45) is 3.75. The Balaban J connectivity index is 1.86. The predicted octanol–water partition coefficient (Wildman–Crippen LogP) is 3.34. The highest BCUT2D eigenvalue weighted by Crippen LogP contribution is 2.40. The van der Waals surface area contributed by atoms with Crippen molar-refractivity contribution in [1.82, 2.24) is 14.5 Å². The minimum Gasteiger partial charge on any atom is -0.361 e. The number of H-pyrrole nitrogens is 1. The van der Waals surface area contributed by atoms with E-state index < -0.39 is 0 Å². The van der Waals surface area contributed by atoms with Crippen LogP contribution in [-0.2, 0) is 16.1 Å². The van der Waals surface area contributed by atoms with Crippen LogP contribution in [0.2, 0.25) is 0 Å². The molecule has 144 valence electrons. The van der Waals surface area contributed by atoms with Crippen molar-refractivity contribution in [3.05, 3.63) is 72.1 Å². The van der Waals surface area contributed by atoms with E-state index in [0.717, 1.165) is 44.4 Å². The largest absolute Gasteiger partial charge is 0.361 e. The molecule has 0 aliphatic carbocycles. The summed E-state index contributed by atoms with van der Waals surface area (Å²) in [5.41, 5.74) is 10.0. The average molecular weight is 384 g/mol. The first kappa shape index (κ1) is 17.5. The number of hydrogen-bond donors (Lipinski definition) is 2. The van der Waals surface area contributed by atoms with Crippen molar-refractivity contribution in [2.45, 2.75) is 13.5 Å². The van der Waals surface area contributed by atoms with E-state index in [1.165, 1.54) is 0 Å². The summed E-state index contributed by atoms with van der Waals surface area (Å²) in [6, 6.07) is 15.7. The number of aromatic amines is 1. The third kappa shape index (κ3) is 2.39. The number of carbonyl (C=O) groups is 2. The van der Waals surface area contributed by atoms with Gasteiger partial charge in [-0.05, 0) is 19.1 Å². The molecule has 0 unspecified atom stereocenters. The molecule has 0 saturated heterocycles. The zero-order valence-corrected chi connectivity index (χ0v) is 16.0. The zero-order valence-electron chi connectivity index (χ0n) is 16.0. The van der Waals surface area contributed by atoms with Crippen LogP contribution in [0.1, 0.15) is 18.1 Å². The number of carbonyl (C=O) groups excluding carboxylic acids is 2. The fourth-order valence-corrected chi connectivity index (χ4v) is 4.23. The van der Waals surface area contributed by atoms with Gasteiger partial charge in [0.1, 0.15) is 0 Å². The number of nitrogens with zero attached hydrogens (tertiary/aromatic N) is 2.